The molecule has 0 aliphatic heterocycles. The highest BCUT2D eigenvalue weighted by molar-refractivity contribution is 5.85. The van der Waals surface area contributed by atoms with Crippen LogP contribution in [0.3, 0.4) is 0 Å². The van der Waals surface area contributed by atoms with Crippen molar-refractivity contribution in [3.8, 4) is 0 Å². The summed E-state index contributed by atoms with van der Waals surface area (Å²) in [6.45, 7) is 9.63. The smallest absolute Gasteiger partial charge is 0.238 e. The Balaban J connectivity index is 5.21. The molecule has 0 bridgehead atoms. The molecule has 0 saturated carbocycles. The van der Waals surface area contributed by atoms with E-state index >= 15 is 0 Å². The molecule has 0 aliphatic rings. The molecule has 0 aromatic rings. The van der Waals surface area contributed by atoms with E-state index in [0.29, 0.717) is 5.92 Å². The van der Waals surface area contributed by atoms with Gasteiger partial charge in [-0.15, -0.1) is 0 Å². The van der Waals surface area contributed by atoms with E-state index in [1.807, 2.05) is 0 Å². The molecule has 1 atom stereocenters. The molecule has 3 N–H and O–H groups in total. The molecular formula is C18H38N2O. The summed E-state index contributed by atoms with van der Waals surface area (Å²) in [5.74, 6) is 0.245. The predicted octanol–water partition coefficient (Wildman–Crippen LogP) is 4.40. The molecule has 1 unspecified atom stereocenters. The van der Waals surface area contributed by atoms with Gasteiger partial charge in [-0.2, -0.15) is 0 Å². The fourth-order valence-electron chi connectivity index (χ4n) is 3.19. The Morgan fingerprint density at radius 2 is 1.48 bits per heavy atom. The zero-order valence-electron chi connectivity index (χ0n) is 14.8. The average Bonchev–Trinajstić information content (AvgIpc) is 2.48. The lowest BCUT2D eigenvalue weighted by molar-refractivity contribution is -0.127. The van der Waals surface area contributed by atoms with E-state index in [-0.39, 0.29) is 5.91 Å². The minimum atomic E-state index is -0.490. The number of amides is 1. The van der Waals surface area contributed by atoms with Gasteiger partial charge in [0.2, 0.25) is 5.91 Å². The van der Waals surface area contributed by atoms with Crippen LogP contribution in [0.4, 0.5) is 0 Å². The van der Waals surface area contributed by atoms with Crippen LogP contribution in [0.5, 0.6) is 0 Å². The topological polar surface area (TPSA) is 55.1 Å². The first kappa shape index (κ1) is 20.4. The SMILES string of the molecule is CCCCC(CCCC)C(CCCC)(NCCC)C(N)=O. The Morgan fingerprint density at radius 1 is 0.952 bits per heavy atom. The molecule has 3 heteroatoms. The fraction of sp³-hybridized carbons (Fsp3) is 0.944. The molecule has 126 valence electrons. The lowest BCUT2D eigenvalue weighted by Crippen LogP contribution is -2.60. The molecule has 0 rings (SSSR count). The van der Waals surface area contributed by atoms with Crippen LogP contribution in [0, 0.1) is 5.92 Å². The number of hydrogen-bond acceptors (Lipinski definition) is 2. The van der Waals surface area contributed by atoms with Crippen LogP contribution in [0.2, 0.25) is 0 Å². The van der Waals surface area contributed by atoms with Crippen molar-refractivity contribution in [2.45, 2.75) is 97.4 Å². The summed E-state index contributed by atoms with van der Waals surface area (Å²) in [7, 11) is 0. The summed E-state index contributed by atoms with van der Waals surface area (Å²) in [6, 6.07) is 0. The first-order valence-corrected chi connectivity index (χ1v) is 9.13. The Labute approximate surface area is 132 Å². The largest absolute Gasteiger partial charge is 0.368 e. The number of unbranched alkanes of at least 4 members (excludes halogenated alkanes) is 3. The molecule has 0 radical (unpaired) electrons. The summed E-state index contributed by atoms with van der Waals surface area (Å²) in [5.41, 5.74) is 5.41. The van der Waals surface area contributed by atoms with Gasteiger partial charge in [0.15, 0.2) is 0 Å². The summed E-state index contributed by atoms with van der Waals surface area (Å²) >= 11 is 0. The fourth-order valence-corrected chi connectivity index (χ4v) is 3.19. The van der Waals surface area contributed by atoms with Crippen LogP contribution in [0.15, 0.2) is 0 Å². The van der Waals surface area contributed by atoms with E-state index < -0.39 is 5.54 Å². The molecule has 0 saturated heterocycles. The van der Waals surface area contributed by atoms with E-state index in [9.17, 15) is 4.79 Å². The molecule has 0 spiro atoms. The number of carbonyl (C=O) groups excluding carboxylic acids is 1. The third-order valence-corrected chi connectivity index (χ3v) is 4.56. The van der Waals surface area contributed by atoms with Gasteiger partial charge in [0.05, 0.1) is 0 Å². The molecule has 0 heterocycles. The van der Waals surface area contributed by atoms with Gasteiger partial charge in [-0.1, -0.05) is 66.2 Å². The highest BCUT2D eigenvalue weighted by Crippen LogP contribution is 2.32. The molecule has 3 nitrogen and oxygen atoms in total. The van der Waals surface area contributed by atoms with E-state index in [2.05, 4.69) is 33.0 Å². The molecule has 1 amide bonds. The zero-order valence-corrected chi connectivity index (χ0v) is 14.8. The first-order chi connectivity index (χ1) is 10.1. The summed E-state index contributed by atoms with van der Waals surface area (Å²) < 4.78 is 0. The van der Waals surface area contributed by atoms with Crippen LogP contribution >= 0.6 is 0 Å². The second kappa shape index (κ2) is 12.0. The van der Waals surface area contributed by atoms with E-state index in [1.54, 1.807) is 0 Å². The maximum Gasteiger partial charge on any atom is 0.238 e. The van der Waals surface area contributed by atoms with Gasteiger partial charge in [0.1, 0.15) is 5.54 Å². The van der Waals surface area contributed by atoms with Crippen molar-refractivity contribution in [1.82, 2.24) is 5.32 Å². The molecule has 21 heavy (non-hydrogen) atoms. The van der Waals surface area contributed by atoms with E-state index in [4.69, 9.17) is 5.73 Å². The summed E-state index contributed by atoms with van der Waals surface area (Å²) in [5, 5.41) is 3.56. The van der Waals surface area contributed by atoms with Crippen LogP contribution in [-0.2, 0) is 4.79 Å². The van der Waals surface area contributed by atoms with Gasteiger partial charge in [-0.3, -0.25) is 4.79 Å². The quantitative estimate of drug-likeness (QED) is 0.499. The Bertz CT molecular complexity index is 250. The van der Waals surface area contributed by atoms with Gasteiger partial charge in [0.25, 0.3) is 0 Å². The molecule has 0 fully saturated rings. The second-order valence-electron chi connectivity index (χ2n) is 6.35. The first-order valence-electron chi connectivity index (χ1n) is 9.13. The van der Waals surface area contributed by atoms with Gasteiger partial charge >= 0.3 is 0 Å². The summed E-state index contributed by atoms with van der Waals surface area (Å²) in [6.07, 6.45) is 11.0. The van der Waals surface area contributed by atoms with Crippen LogP contribution in [-0.4, -0.2) is 18.0 Å². The average molecular weight is 299 g/mol. The maximum atomic E-state index is 12.4. The number of nitrogens with two attached hydrogens (primary N) is 1. The number of primary amides is 1. The maximum absolute atomic E-state index is 12.4. The van der Waals surface area contributed by atoms with Crippen molar-refractivity contribution in [2.75, 3.05) is 6.54 Å². The molecular weight excluding hydrogens is 260 g/mol. The third-order valence-electron chi connectivity index (χ3n) is 4.56. The van der Waals surface area contributed by atoms with E-state index in [0.717, 1.165) is 45.1 Å². The summed E-state index contributed by atoms with van der Waals surface area (Å²) in [4.78, 5) is 12.4. The van der Waals surface area contributed by atoms with Crippen molar-refractivity contribution >= 4 is 5.91 Å². The number of hydrogen-bond donors (Lipinski definition) is 2. The standard InChI is InChI=1S/C18H38N2O/c1-5-9-12-16(13-10-6-2)18(17(19)21,14-11-7-3)20-15-8-4/h16,20H,5-15H2,1-4H3,(H2,19,21). The van der Waals surface area contributed by atoms with Crippen LogP contribution < -0.4 is 11.1 Å². The Morgan fingerprint density at radius 3 is 1.86 bits per heavy atom. The normalized spacial score (nSPS) is 14.3. The van der Waals surface area contributed by atoms with Crippen LogP contribution in [0.25, 0.3) is 0 Å². The van der Waals surface area contributed by atoms with Crippen molar-refractivity contribution in [2.24, 2.45) is 11.7 Å². The minimum Gasteiger partial charge on any atom is -0.368 e. The number of rotatable bonds is 14. The number of nitrogens with one attached hydrogen (secondary N) is 1. The highest BCUT2D eigenvalue weighted by Gasteiger charge is 2.42. The molecule has 0 aromatic heterocycles. The van der Waals surface area contributed by atoms with Crippen molar-refractivity contribution in [3.63, 3.8) is 0 Å². The third kappa shape index (κ3) is 6.82. The van der Waals surface area contributed by atoms with Gasteiger partial charge in [-0.05, 0) is 38.1 Å². The molecule has 0 aliphatic carbocycles. The Kier molecular flexibility index (Phi) is 11.7. The van der Waals surface area contributed by atoms with Gasteiger partial charge in [-0.25, -0.2) is 0 Å². The van der Waals surface area contributed by atoms with Crippen molar-refractivity contribution in [1.29, 1.82) is 0 Å². The van der Waals surface area contributed by atoms with Gasteiger partial charge in [0, 0.05) is 0 Å². The number of carbonyl (C=O) groups is 1. The molecule has 0 aromatic carbocycles. The van der Waals surface area contributed by atoms with E-state index in [1.165, 1.54) is 25.7 Å². The lowest BCUT2D eigenvalue weighted by atomic mass is 9.74. The lowest BCUT2D eigenvalue weighted by Gasteiger charge is -2.40. The van der Waals surface area contributed by atoms with Gasteiger partial charge < -0.3 is 11.1 Å². The minimum absolute atomic E-state index is 0.137. The highest BCUT2D eigenvalue weighted by atomic mass is 16.1. The zero-order chi connectivity index (χ0) is 16.1. The second-order valence-corrected chi connectivity index (χ2v) is 6.35. The Hall–Kier alpha value is -0.570. The van der Waals surface area contributed by atoms with Crippen molar-refractivity contribution < 1.29 is 4.79 Å². The predicted molar refractivity (Wildman–Crippen MR) is 92.3 cm³/mol. The monoisotopic (exact) mass is 298 g/mol. The van der Waals surface area contributed by atoms with Crippen LogP contribution in [0.1, 0.15) is 91.9 Å². The van der Waals surface area contributed by atoms with Crippen molar-refractivity contribution in [3.05, 3.63) is 0 Å².